The summed E-state index contributed by atoms with van der Waals surface area (Å²) in [5, 5.41) is 0. The highest BCUT2D eigenvalue weighted by atomic mass is 16.5. The van der Waals surface area contributed by atoms with Crippen LogP contribution in [0.1, 0.15) is 27.0 Å². The van der Waals surface area contributed by atoms with E-state index in [1.54, 1.807) is 37.5 Å². The zero-order chi connectivity index (χ0) is 24.2. The Kier molecular flexibility index (Phi) is 6.63. The summed E-state index contributed by atoms with van der Waals surface area (Å²) in [5.41, 5.74) is 2.93. The number of fused-ring (bicyclic) bond motifs is 1. The molecule has 4 rings (SSSR count). The molecule has 1 heterocycles. The molecule has 0 saturated carbocycles. The molecule has 0 atom stereocenters. The minimum atomic E-state index is -0.200. The predicted molar refractivity (Wildman–Crippen MR) is 128 cm³/mol. The molecule has 1 aliphatic rings. The molecule has 0 aliphatic carbocycles. The van der Waals surface area contributed by atoms with Crippen LogP contribution in [-0.4, -0.2) is 34.2 Å². The van der Waals surface area contributed by atoms with Gasteiger partial charge in [0.15, 0.2) is 17.3 Å². The predicted octanol–water partition coefficient (Wildman–Crippen LogP) is 5.22. The molecule has 0 spiro atoms. The molecule has 0 fully saturated rings. The maximum Gasteiger partial charge on any atom is 0.231 e. The van der Waals surface area contributed by atoms with Gasteiger partial charge < -0.3 is 28.4 Å². The molecule has 0 radical (unpaired) electrons. The number of benzene rings is 3. The molecule has 0 aromatic heterocycles. The summed E-state index contributed by atoms with van der Waals surface area (Å²) in [6.07, 6.45) is 1.66. The van der Waals surface area contributed by atoms with Gasteiger partial charge in [0.1, 0.15) is 23.9 Å². The number of carbonyl (C=O) groups excluding carboxylic acids is 1. The van der Waals surface area contributed by atoms with Crippen molar-refractivity contribution in [3.05, 3.63) is 76.5 Å². The quantitative estimate of drug-likeness (QED) is 0.425. The number of Topliss-reactive ketones (excluding diaryl/α,β-unsaturated/α-hetero) is 1. The van der Waals surface area contributed by atoms with Crippen LogP contribution in [0.25, 0.3) is 6.08 Å². The number of methoxy groups -OCH3 is 4. The van der Waals surface area contributed by atoms with Gasteiger partial charge >= 0.3 is 0 Å². The average molecular weight is 462 g/mol. The molecule has 3 aromatic rings. The van der Waals surface area contributed by atoms with Crippen molar-refractivity contribution in [2.75, 3.05) is 28.4 Å². The van der Waals surface area contributed by atoms with Gasteiger partial charge in [-0.2, -0.15) is 0 Å². The number of allylic oxidation sites excluding steroid dienone is 1. The van der Waals surface area contributed by atoms with Crippen molar-refractivity contribution >= 4 is 11.9 Å². The lowest BCUT2D eigenvalue weighted by Gasteiger charge is -2.13. The number of hydrogen-bond acceptors (Lipinski definition) is 7. The van der Waals surface area contributed by atoms with E-state index in [4.69, 9.17) is 28.4 Å². The number of hydrogen-bond donors (Lipinski definition) is 0. The molecule has 0 bridgehead atoms. The Bertz CT molecular complexity index is 1220. The van der Waals surface area contributed by atoms with Crippen molar-refractivity contribution in [2.24, 2.45) is 0 Å². The first-order chi connectivity index (χ1) is 16.5. The molecule has 7 nitrogen and oxygen atoms in total. The van der Waals surface area contributed by atoms with Crippen LogP contribution < -0.4 is 28.4 Å². The lowest BCUT2D eigenvalue weighted by Crippen LogP contribution is -1.99. The molecular weight excluding hydrogens is 436 g/mol. The second-order valence-electron chi connectivity index (χ2n) is 7.60. The van der Waals surface area contributed by atoms with Gasteiger partial charge in [0, 0.05) is 5.56 Å². The normalized spacial score (nSPS) is 13.3. The highest BCUT2D eigenvalue weighted by Gasteiger charge is 2.30. The number of carbonyl (C=O) groups is 1. The molecular formula is C27H26O7. The van der Waals surface area contributed by atoms with E-state index in [1.165, 1.54) is 21.3 Å². The molecule has 0 saturated heterocycles. The molecule has 176 valence electrons. The van der Waals surface area contributed by atoms with Gasteiger partial charge in [-0.1, -0.05) is 12.1 Å². The highest BCUT2D eigenvalue weighted by Crippen LogP contribution is 2.42. The number of rotatable bonds is 8. The summed E-state index contributed by atoms with van der Waals surface area (Å²) in [7, 11) is 6.25. The summed E-state index contributed by atoms with van der Waals surface area (Å²) in [6.45, 7) is 2.25. The average Bonchev–Trinajstić information content (AvgIpc) is 3.19. The van der Waals surface area contributed by atoms with Crippen LogP contribution >= 0.6 is 0 Å². The monoisotopic (exact) mass is 462 g/mol. The summed E-state index contributed by atoms with van der Waals surface area (Å²) < 4.78 is 33.3. The zero-order valence-corrected chi connectivity index (χ0v) is 19.8. The van der Waals surface area contributed by atoms with E-state index in [1.807, 2.05) is 31.2 Å². The fourth-order valence-electron chi connectivity index (χ4n) is 3.74. The standard InChI is InChI=1S/C27H26O7/c1-16-21(33-15-17-6-8-19(29-2)9-7-17)11-10-20-25(28)22(34-26(16)20)12-18-13-23(30-3)27(32-5)24(14-18)31-4/h6-14H,15H2,1-5H3/b22-12-. The third-order valence-corrected chi connectivity index (χ3v) is 5.57. The second-order valence-corrected chi connectivity index (χ2v) is 7.60. The van der Waals surface area contributed by atoms with E-state index in [2.05, 4.69) is 0 Å². The lowest BCUT2D eigenvalue weighted by molar-refractivity contribution is 0.101. The highest BCUT2D eigenvalue weighted by molar-refractivity contribution is 6.15. The summed E-state index contributed by atoms with van der Waals surface area (Å²) in [6, 6.07) is 14.7. The van der Waals surface area contributed by atoms with Gasteiger partial charge in [0.2, 0.25) is 11.5 Å². The Balaban J connectivity index is 1.58. The Morgan fingerprint density at radius 1 is 0.824 bits per heavy atom. The third-order valence-electron chi connectivity index (χ3n) is 5.57. The largest absolute Gasteiger partial charge is 0.497 e. The molecule has 34 heavy (non-hydrogen) atoms. The smallest absolute Gasteiger partial charge is 0.231 e. The Morgan fingerprint density at radius 2 is 1.50 bits per heavy atom. The minimum Gasteiger partial charge on any atom is -0.497 e. The lowest BCUT2D eigenvalue weighted by atomic mass is 10.1. The van der Waals surface area contributed by atoms with Crippen molar-refractivity contribution in [1.82, 2.24) is 0 Å². The Hall–Kier alpha value is -4.13. The first-order valence-electron chi connectivity index (χ1n) is 10.6. The minimum absolute atomic E-state index is 0.200. The molecule has 0 unspecified atom stereocenters. The van der Waals surface area contributed by atoms with Crippen molar-refractivity contribution in [2.45, 2.75) is 13.5 Å². The molecule has 1 aliphatic heterocycles. The Morgan fingerprint density at radius 3 is 2.09 bits per heavy atom. The van der Waals surface area contributed by atoms with Crippen LogP contribution in [0.5, 0.6) is 34.5 Å². The van der Waals surface area contributed by atoms with Gasteiger partial charge in [-0.25, -0.2) is 0 Å². The van der Waals surface area contributed by atoms with Crippen LogP contribution in [0.2, 0.25) is 0 Å². The van der Waals surface area contributed by atoms with E-state index in [-0.39, 0.29) is 11.5 Å². The third kappa shape index (κ3) is 4.37. The van der Waals surface area contributed by atoms with E-state index in [0.29, 0.717) is 46.5 Å². The van der Waals surface area contributed by atoms with E-state index in [9.17, 15) is 4.79 Å². The van der Waals surface area contributed by atoms with Gasteiger partial charge in [-0.3, -0.25) is 4.79 Å². The van der Waals surface area contributed by atoms with Gasteiger partial charge in [-0.05, 0) is 60.5 Å². The number of ether oxygens (including phenoxy) is 6. The SMILES string of the molecule is COc1ccc(COc2ccc3c(c2C)O/C(=C\c2cc(OC)c(OC)c(OC)c2)C3=O)cc1. The molecule has 0 amide bonds. The van der Waals surface area contributed by atoms with Crippen molar-refractivity contribution < 1.29 is 33.2 Å². The molecule has 3 aromatic carbocycles. The van der Waals surface area contributed by atoms with Crippen LogP contribution in [0.15, 0.2) is 54.3 Å². The maximum absolute atomic E-state index is 13.0. The van der Waals surface area contributed by atoms with Crippen molar-refractivity contribution in [1.29, 1.82) is 0 Å². The first-order valence-corrected chi connectivity index (χ1v) is 10.6. The molecule has 7 heteroatoms. The fourth-order valence-corrected chi connectivity index (χ4v) is 3.74. The Labute approximate surface area is 198 Å². The second kappa shape index (κ2) is 9.79. The molecule has 0 N–H and O–H groups in total. The van der Waals surface area contributed by atoms with Gasteiger partial charge in [0.05, 0.1) is 34.0 Å². The fraction of sp³-hybridized carbons (Fsp3) is 0.222. The van der Waals surface area contributed by atoms with Gasteiger partial charge in [-0.15, -0.1) is 0 Å². The van der Waals surface area contributed by atoms with Crippen LogP contribution in [0.3, 0.4) is 0 Å². The van der Waals surface area contributed by atoms with Crippen LogP contribution in [0.4, 0.5) is 0 Å². The van der Waals surface area contributed by atoms with Crippen molar-refractivity contribution in [3.63, 3.8) is 0 Å². The topological polar surface area (TPSA) is 72.5 Å². The summed E-state index contributed by atoms with van der Waals surface area (Å²) in [4.78, 5) is 13.0. The van der Waals surface area contributed by atoms with Crippen LogP contribution in [0, 0.1) is 6.92 Å². The van der Waals surface area contributed by atoms with Gasteiger partial charge in [0.25, 0.3) is 0 Å². The van der Waals surface area contributed by atoms with E-state index >= 15 is 0 Å². The van der Waals surface area contributed by atoms with Crippen molar-refractivity contribution in [3.8, 4) is 34.5 Å². The summed E-state index contributed by atoms with van der Waals surface area (Å²) >= 11 is 0. The maximum atomic E-state index is 13.0. The summed E-state index contributed by atoms with van der Waals surface area (Å²) in [5.74, 6) is 3.39. The van der Waals surface area contributed by atoms with E-state index in [0.717, 1.165) is 16.9 Å². The van der Waals surface area contributed by atoms with E-state index < -0.39 is 0 Å². The zero-order valence-electron chi connectivity index (χ0n) is 19.8. The number of ketones is 1. The van der Waals surface area contributed by atoms with Crippen LogP contribution in [-0.2, 0) is 6.61 Å². The first kappa shape index (κ1) is 23.0.